The van der Waals surface area contributed by atoms with Crippen molar-refractivity contribution in [3.05, 3.63) is 59.2 Å². The van der Waals surface area contributed by atoms with Gasteiger partial charge >= 0.3 is 0 Å². The second-order valence-electron chi connectivity index (χ2n) is 6.12. The van der Waals surface area contributed by atoms with Gasteiger partial charge < -0.3 is 10.6 Å². The van der Waals surface area contributed by atoms with Crippen LogP contribution in [0.1, 0.15) is 24.5 Å². The number of hydrogen-bond acceptors (Lipinski definition) is 3. The molecule has 0 heterocycles. The van der Waals surface area contributed by atoms with E-state index in [0.717, 1.165) is 33.3 Å². The number of hydrogen-bond donors (Lipinski definition) is 3. The summed E-state index contributed by atoms with van der Waals surface area (Å²) in [5.41, 5.74) is 4.92. The van der Waals surface area contributed by atoms with Crippen LogP contribution in [0.5, 0.6) is 0 Å². The SMILES string of the molecule is C/C=C/c1cc(NC=O)cc(/C(S)=C/C2=CC3CC3C=C2)c1NC. The highest BCUT2D eigenvalue weighted by Gasteiger charge is 2.34. The largest absolute Gasteiger partial charge is 0.387 e. The molecule has 0 bridgehead atoms. The Morgan fingerprint density at radius 2 is 2.17 bits per heavy atom. The zero-order valence-corrected chi connectivity index (χ0v) is 14.8. The molecule has 2 aliphatic carbocycles. The van der Waals surface area contributed by atoms with Crippen LogP contribution in [0.3, 0.4) is 0 Å². The molecule has 2 unspecified atom stereocenters. The molecule has 2 aliphatic rings. The lowest BCUT2D eigenvalue weighted by Crippen LogP contribution is -2.01. The van der Waals surface area contributed by atoms with E-state index >= 15 is 0 Å². The lowest BCUT2D eigenvalue weighted by Gasteiger charge is -2.15. The standard InChI is InChI=1S/C20H22N2OS/c1-3-4-15-10-17(22-12-23)11-18(20(15)21-2)19(24)8-13-5-6-14-9-16(14)7-13/h3-8,10-12,14,16,21,24H,9H2,1-2H3,(H,22,23)/b4-3+,19-8-. The monoisotopic (exact) mass is 338 g/mol. The van der Waals surface area contributed by atoms with Crippen molar-refractivity contribution in [3.63, 3.8) is 0 Å². The average Bonchev–Trinajstić information content (AvgIpc) is 3.33. The van der Waals surface area contributed by atoms with Gasteiger partial charge in [0, 0.05) is 28.9 Å². The molecule has 4 heteroatoms. The third-order valence-corrected chi connectivity index (χ3v) is 4.77. The molecule has 3 rings (SSSR count). The van der Waals surface area contributed by atoms with E-state index < -0.39 is 0 Å². The summed E-state index contributed by atoms with van der Waals surface area (Å²) in [6.45, 7) is 1.97. The Bertz CT molecular complexity index is 774. The van der Waals surface area contributed by atoms with Crippen molar-refractivity contribution in [1.29, 1.82) is 0 Å². The fraction of sp³-hybridized carbons (Fsp3) is 0.250. The van der Waals surface area contributed by atoms with Crippen LogP contribution in [0.4, 0.5) is 11.4 Å². The first-order chi connectivity index (χ1) is 11.7. The van der Waals surface area contributed by atoms with E-state index in [1.165, 1.54) is 12.0 Å². The first-order valence-electron chi connectivity index (χ1n) is 8.16. The van der Waals surface area contributed by atoms with E-state index in [1.54, 1.807) is 0 Å². The van der Waals surface area contributed by atoms with Gasteiger partial charge in [0.15, 0.2) is 0 Å². The molecule has 1 fully saturated rings. The summed E-state index contributed by atoms with van der Waals surface area (Å²) in [6, 6.07) is 3.89. The van der Waals surface area contributed by atoms with Gasteiger partial charge in [-0.1, -0.05) is 30.4 Å². The predicted octanol–water partition coefficient (Wildman–Crippen LogP) is 4.73. The number of thiol groups is 1. The van der Waals surface area contributed by atoms with E-state index in [-0.39, 0.29) is 0 Å². The van der Waals surface area contributed by atoms with Gasteiger partial charge in [0.05, 0.1) is 0 Å². The Hall–Kier alpha value is -2.20. The minimum absolute atomic E-state index is 0.694. The highest BCUT2D eigenvalue weighted by molar-refractivity contribution is 7.90. The van der Waals surface area contributed by atoms with Crippen molar-refractivity contribution >= 4 is 41.4 Å². The van der Waals surface area contributed by atoms with E-state index in [2.05, 4.69) is 34.9 Å². The Kier molecular flexibility index (Phi) is 4.95. The predicted molar refractivity (Wildman–Crippen MR) is 106 cm³/mol. The molecule has 2 N–H and O–H groups in total. The normalized spacial score (nSPS) is 22.1. The molecule has 124 valence electrons. The Labute approximate surface area is 148 Å². The maximum atomic E-state index is 10.8. The summed E-state index contributed by atoms with van der Waals surface area (Å²) in [4.78, 5) is 11.7. The molecule has 0 spiro atoms. The zero-order valence-electron chi connectivity index (χ0n) is 13.9. The van der Waals surface area contributed by atoms with Gasteiger partial charge in [0.25, 0.3) is 0 Å². The smallest absolute Gasteiger partial charge is 0.211 e. The summed E-state index contributed by atoms with van der Waals surface area (Å²) in [5, 5.41) is 6.00. The van der Waals surface area contributed by atoms with E-state index in [0.29, 0.717) is 12.3 Å². The zero-order chi connectivity index (χ0) is 17.1. The number of carbonyl (C=O) groups is 1. The van der Waals surface area contributed by atoms with Crippen LogP contribution in [0, 0.1) is 11.8 Å². The number of anilines is 2. The van der Waals surface area contributed by atoms with Crippen LogP contribution >= 0.6 is 12.6 Å². The van der Waals surface area contributed by atoms with Crippen molar-refractivity contribution < 1.29 is 4.79 Å². The highest BCUT2D eigenvalue weighted by atomic mass is 32.1. The van der Waals surface area contributed by atoms with Crippen molar-refractivity contribution in [1.82, 2.24) is 0 Å². The second-order valence-corrected chi connectivity index (χ2v) is 6.60. The van der Waals surface area contributed by atoms with Crippen molar-refractivity contribution in [2.45, 2.75) is 13.3 Å². The summed E-state index contributed by atoms with van der Waals surface area (Å²) in [6.07, 6.45) is 14.8. The van der Waals surface area contributed by atoms with Crippen LogP contribution in [-0.4, -0.2) is 13.5 Å². The first kappa shape index (κ1) is 16.7. The lowest BCUT2D eigenvalue weighted by atomic mass is 10.0. The minimum Gasteiger partial charge on any atom is -0.387 e. The second kappa shape index (κ2) is 7.14. The third-order valence-electron chi connectivity index (χ3n) is 4.40. The molecule has 1 saturated carbocycles. The molecule has 1 amide bonds. The quantitative estimate of drug-likeness (QED) is 0.518. The van der Waals surface area contributed by atoms with Crippen LogP contribution in [0.25, 0.3) is 11.0 Å². The van der Waals surface area contributed by atoms with Crippen LogP contribution in [0.2, 0.25) is 0 Å². The first-order valence-corrected chi connectivity index (χ1v) is 8.60. The number of fused-ring (bicyclic) bond motifs is 1. The average molecular weight is 338 g/mol. The Morgan fingerprint density at radius 3 is 2.83 bits per heavy atom. The van der Waals surface area contributed by atoms with Gasteiger partial charge in [-0.2, -0.15) is 0 Å². The van der Waals surface area contributed by atoms with E-state index in [1.807, 2.05) is 38.3 Å². The summed E-state index contributed by atoms with van der Waals surface area (Å²) < 4.78 is 0. The molecule has 0 radical (unpaired) electrons. The Morgan fingerprint density at radius 1 is 1.33 bits per heavy atom. The van der Waals surface area contributed by atoms with Gasteiger partial charge in [-0.15, -0.1) is 12.6 Å². The minimum atomic E-state index is 0.694. The maximum Gasteiger partial charge on any atom is 0.211 e. The summed E-state index contributed by atoms with van der Waals surface area (Å²) in [7, 11) is 1.90. The van der Waals surface area contributed by atoms with Crippen LogP contribution < -0.4 is 10.6 Å². The van der Waals surface area contributed by atoms with Gasteiger partial charge in [-0.05, 0) is 54.5 Å². The summed E-state index contributed by atoms with van der Waals surface area (Å²) in [5.74, 6) is 1.45. The van der Waals surface area contributed by atoms with Gasteiger partial charge in [0.2, 0.25) is 6.41 Å². The maximum absolute atomic E-state index is 10.8. The molecule has 1 aromatic carbocycles. The molecule has 0 aliphatic heterocycles. The topological polar surface area (TPSA) is 41.1 Å². The number of amides is 1. The van der Waals surface area contributed by atoms with E-state index in [4.69, 9.17) is 12.6 Å². The van der Waals surface area contributed by atoms with Gasteiger partial charge in [-0.25, -0.2) is 0 Å². The fourth-order valence-electron chi connectivity index (χ4n) is 3.13. The van der Waals surface area contributed by atoms with Crippen molar-refractivity contribution in [3.8, 4) is 0 Å². The molecular formula is C20H22N2OS. The number of benzene rings is 1. The third kappa shape index (κ3) is 3.49. The number of rotatable bonds is 6. The summed E-state index contributed by atoms with van der Waals surface area (Å²) >= 11 is 4.73. The van der Waals surface area contributed by atoms with E-state index in [9.17, 15) is 4.79 Å². The van der Waals surface area contributed by atoms with Crippen molar-refractivity contribution in [2.75, 3.05) is 17.7 Å². The molecule has 0 saturated heterocycles. The Balaban J connectivity index is 2.03. The molecule has 0 aromatic heterocycles. The van der Waals surface area contributed by atoms with Crippen LogP contribution in [0.15, 0.2) is 48.1 Å². The van der Waals surface area contributed by atoms with Gasteiger partial charge in [0.1, 0.15) is 0 Å². The lowest BCUT2D eigenvalue weighted by molar-refractivity contribution is -0.105. The molecule has 1 aromatic rings. The molecule has 2 atom stereocenters. The molecule has 24 heavy (non-hydrogen) atoms. The van der Waals surface area contributed by atoms with Crippen LogP contribution in [-0.2, 0) is 4.79 Å². The molecular weight excluding hydrogens is 316 g/mol. The highest BCUT2D eigenvalue weighted by Crippen LogP contribution is 2.45. The number of allylic oxidation sites excluding steroid dienone is 6. The van der Waals surface area contributed by atoms with Gasteiger partial charge in [-0.3, -0.25) is 4.79 Å². The fourth-order valence-corrected chi connectivity index (χ4v) is 3.45. The molecule has 3 nitrogen and oxygen atoms in total. The number of nitrogens with one attached hydrogen (secondary N) is 2. The number of carbonyl (C=O) groups excluding carboxylic acids is 1. The van der Waals surface area contributed by atoms with Crippen molar-refractivity contribution in [2.24, 2.45) is 11.8 Å².